The standard InChI is InChI=1S/C27H34I2/c1-3-7-5-28-27-9(7)11-21-19-16-14-13-12-10-8-4-6(2)29-26(8)24(10)23(12)18(13)15(14)17(16)20(19)22(11)25(21)27/h6-27H,3-5H2,1-2H3/q-2/t6?,7?,8?,9-,10?,11+,12?,13-,14+,15?,16?,17+,18+,19-,20?,21?,22?,23+,24?,25-,26+,27?/m0/s1. The quantitative estimate of drug-likeness (QED) is 0.182. The molecule has 4 bridgehead atoms. The first-order valence-corrected chi connectivity index (χ1v) is 18.8. The van der Waals surface area contributed by atoms with Crippen molar-refractivity contribution in [3.63, 3.8) is 0 Å². The maximum atomic E-state index is 2.62. The molecule has 0 aromatic heterocycles. The molecule has 0 aromatic carbocycles. The molecule has 2 saturated heterocycles. The van der Waals surface area contributed by atoms with E-state index in [2.05, 4.69) is 13.8 Å². The predicted octanol–water partition coefficient (Wildman–Crippen LogP) is -2.05. The molecule has 13 aliphatic rings. The van der Waals surface area contributed by atoms with E-state index in [9.17, 15) is 0 Å². The SMILES string of the molecule is CCC1C[I-]C2[C@@H]3C4C5[C@@H](C3[C@H]4[C@H]12)C1[C@H]5C2[C@H]1[C@@H]1C3C4C5CC(C)[I-][C@H]5C4[C@H]3[C@@H]21. The molecule has 0 aromatic rings. The summed E-state index contributed by atoms with van der Waals surface area (Å²) < 4.78 is 5.60. The van der Waals surface area contributed by atoms with Crippen LogP contribution in [0.25, 0.3) is 0 Å². The maximum absolute atomic E-state index is 2.62. The molecule has 2 heteroatoms. The van der Waals surface area contributed by atoms with Crippen molar-refractivity contribution >= 4 is 0 Å². The molecule has 0 spiro atoms. The molecule has 12 unspecified atom stereocenters. The van der Waals surface area contributed by atoms with Crippen LogP contribution in [0.2, 0.25) is 0 Å². The number of halogens is 2. The molecule has 13 fully saturated rings. The predicted molar refractivity (Wildman–Crippen MR) is 103 cm³/mol. The van der Waals surface area contributed by atoms with E-state index in [4.69, 9.17) is 0 Å². The van der Waals surface area contributed by atoms with E-state index < -0.39 is 0 Å². The molecule has 0 amide bonds. The van der Waals surface area contributed by atoms with Crippen molar-refractivity contribution in [3.05, 3.63) is 0 Å². The van der Waals surface area contributed by atoms with Crippen molar-refractivity contribution in [3.8, 4) is 0 Å². The fraction of sp³-hybridized carbons (Fsp3) is 1.00. The van der Waals surface area contributed by atoms with Gasteiger partial charge in [0.25, 0.3) is 0 Å². The van der Waals surface area contributed by atoms with Crippen LogP contribution in [-0.2, 0) is 0 Å². The van der Waals surface area contributed by atoms with Crippen molar-refractivity contribution in [2.75, 3.05) is 4.43 Å². The average molecular weight is 612 g/mol. The first-order valence-electron chi connectivity index (χ1n) is 13.5. The van der Waals surface area contributed by atoms with E-state index in [1.165, 1.54) is 131 Å². The van der Waals surface area contributed by atoms with Crippen LogP contribution in [0.3, 0.4) is 0 Å². The Morgan fingerprint density at radius 3 is 1.66 bits per heavy atom. The minimum absolute atomic E-state index is 0.587. The molecule has 0 radical (unpaired) electrons. The zero-order valence-electron chi connectivity index (χ0n) is 17.6. The molecule has 29 heavy (non-hydrogen) atoms. The van der Waals surface area contributed by atoms with Gasteiger partial charge in [0.2, 0.25) is 0 Å². The Labute approximate surface area is 196 Å². The third-order valence-corrected chi connectivity index (χ3v) is 23.4. The Morgan fingerprint density at radius 1 is 0.586 bits per heavy atom. The second kappa shape index (κ2) is 4.54. The molecule has 11 saturated carbocycles. The summed E-state index contributed by atoms with van der Waals surface area (Å²) in [7, 11) is 0. The van der Waals surface area contributed by atoms with Gasteiger partial charge in [-0.1, -0.05) is 0 Å². The van der Waals surface area contributed by atoms with Gasteiger partial charge in [-0.25, -0.2) is 0 Å². The van der Waals surface area contributed by atoms with Gasteiger partial charge in [-0.05, 0) is 0 Å². The van der Waals surface area contributed by atoms with Gasteiger partial charge in [0.05, 0.1) is 0 Å². The first-order chi connectivity index (χ1) is 14.3. The second-order valence-electron chi connectivity index (χ2n) is 14.0. The average Bonchev–Trinajstić information content (AvgIpc) is 3.43. The molecule has 11 aliphatic carbocycles. The van der Waals surface area contributed by atoms with E-state index in [1.54, 1.807) is 10.8 Å². The number of rotatable bonds is 1. The van der Waals surface area contributed by atoms with Gasteiger partial charge >= 0.3 is 198 Å². The third kappa shape index (κ3) is 1.27. The van der Waals surface area contributed by atoms with Crippen LogP contribution in [0.15, 0.2) is 0 Å². The van der Waals surface area contributed by atoms with Crippen LogP contribution in [0.5, 0.6) is 0 Å². The van der Waals surface area contributed by atoms with E-state index in [-0.39, 0.29) is 0 Å². The topological polar surface area (TPSA) is 0 Å². The molecular weight excluding hydrogens is 578 g/mol. The van der Waals surface area contributed by atoms with E-state index in [0.717, 1.165) is 0 Å². The Morgan fingerprint density at radius 2 is 1.07 bits per heavy atom. The number of fused-ring (bicyclic) bond motifs is 16. The summed E-state index contributed by atoms with van der Waals surface area (Å²) in [6.07, 6.45) is 3.22. The van der Waals surface area contributed by atoms with Crippen molar-refractivity contribution < 1.29 is 42.4 Å². The molecule has 13 rings (SSSR count). The zero-order chi connectivity index (χ0) is 18.2. The van der Waals surface area contributed by atoms with Gasteiger partial charge in [-0.15, -0.1) is 0 Å². The van der Waals surface area contributed by atoms with Crippen molar-refractivity contribution in [1.29, 1.82) is 0 Å². The Hall–Kier alpha value is 1.46. The molecular formula is C27H34I2-2. The summed E-state index contributed by atoms with van der Waals surface area (Å²) in [5.74, 6) is 24.8. The summed E-state index contributed by atoms with van der Waals surface area (Å²) in [6.45, 7) is 5.15. The van der Waals surface area contributed by atoms with Gasteiger partial charge in [-0.3, -0.25) is 0 Å². The molecule has 22 atom stereocenters. The van der Waals surface area contributed by atoms with Crippen LogP contribution >= 0.6 is 0 Å². The van der Waals surface area contributed by atoms with Gasteiger partial charge < -0.3 is 0 Å². The number of hydrogen-bond acceptors (Lipinski definition) is 0. The molecule has 2 aliphatic heterocycles. The van der Waals surface area contributed by atoms with Crippen LogP contribution in [0.1, 0.15) is 26.7 Å². The zero-order valence-corrected chi connectivity index (χ0v) is 21.9. The number of hydrogen-bond donors (Lipinski definition) is 0. The monoisotopic (exact) mass is 612 g/mol. The number of alkyl halides is 4. The summed E-state index contributed by atoms with van der Waals surface area (Å²) in [4.78, 5) is 0. The Kier molecular flexibility index (Phi) is 2.53. The second-order valence-corrected chi connectivity index (χ2v) is 21.5. The fourth-order valence-corrected chi connectivity index (χ4v) is 25.5. The Balaban J connectivity index is 0.912. The van der Waals surface area contributed by atoms with E-state index >= 15 is 0 Å². The molecule has 0 N–H and O–H groups in total. The van der Waals surface area contributed by atoms with Crippen LogP contribution in [-0.4, -0.2) is 16.2 Å². The Bertz CT molecular complexity index is 828. The van der Waals surface area contributed by atoms with E-state index in [1.807, 2.05) is 0 Å². The van der Waals surface area contributed by atoms with Gasteiger partial charge in [0.15, 0.2) is 0 Å². The molecule has 2 heterocycles. The van der Waals surface area contributed by atoms with Crippen LogP contribution < -0.4 is 42.4 Å². The third-order valence-electron chi connectivity index (χ3n) is 14.7. The summed E-state index contributed by atoms with van der Waals surface area (Å²) in [6, 6.07) is 0. The van der Waals surface area contributed by atoms with Crippen LogP contribution in [0.4, 0.5) is 0 Å². The van der Waals surface area contributed by atoms with E-state index in [0.29, 0.717) is 42.4 Å². The summed E-state index contributed by atoms with van der Waals surface area (Å²) >= 11 is 1.18. The van der Waals surface area contributed by atoms with Gasteiger partial charge in [0, 0.05) is 0 Å². The van der Waals surface area contributed by atoms with Crippen molar-refractivity contribution in [1.82, 2.24) is 0 Å². The van der Waals surface area contributed by atoms with Crippen molar-refractivity contribution in [2.45, 2.75) is 38.5 Å². The van der Waals surface area contributed by atoms with Crippen LogP contribution in [0, 0.1) is 112 Å². The van der Waals surface area contributed by atoms with Gasteiger partial charge in [-0.2, -0.15) is 0 Å². The first kappa shape index (κ1) is 16.1. The normalized spacial score (nSPS) is 86.4. The van der Waals surface area contributed by atoms with Crippen molar-refractivity contribution in [2.24, 2.45) is 112 Å². The summed E-state index contributed by atoms with van der Waals surface area (Å²) in [5, 5.41) is 0. The fourth-order valence-electron chi connectivity index (χ4n) is 14.8. The van der Waals surface area contributed by atoms with Gasteiger partial charge in [0.1, 0.15) is 0 Å². The molecule has 0 nitrogen and oxygen atoms in total. The summed E-state index contributed by atoms with van der Waals surface area (Å²) in [5.41, 5.74) is 0. The molecule has 158 valence electrons. The minimum atomic E-state index is 0.587.